The van der Waals surface area contributed by atoms with Crippen molar-refractivity contribution in [3.05, 3.63) is 58.8 Å². The third-order valence-electron chi connectivity index (χ3n) is 8.04. The summed E-state index contributed by atoms with van der Waals surface area (Å²) in [6, 6.07) is 9.30. The molecule has 0 fully saturated rings. The lowest BCUT2D eigenvalue weighted by molar-refractivity contribution is -0.140. The van der Waals surface area contributed by atoms with Crippen LogP contribution >= 0.6 is 11.3 Å². The summed E-state index contributed by atoms with van der Waals surface area (Å²) in [7, 11) is 0.417. The van der Waals surface area contributed by atoms with E-state index < -0.39 is 22.0 Å². The largest absolute Gasteiger partial charge is 0.480 e. The van der Waals surface area contributed by atoms with Crippen LogP contribution in [0.2, 0.25) is 0 Å². The summed E-state index contributed by atoms with van der Waals surface area (Å²) in [4.78, 5) is 25.2. The first-order chi connectivity index (χ1) is 24.8. The molecule has 1 atom stereocenters. The van der Waals surface area contributed by atoms with Crippen LogP contribution in [-0.2, 0) is 19.6 Å². The Morgan fingerprint density at radius 3 is 2.50 bits per heavy atom. The number of nitrogens with zero attached hydrogens (tertiary/aromatic N) is 9. The van der Waals surface area contributed by atoms with Crippen molar-refractivity contribution in [2.75, 3.05) is 50.3 Å². The van der Waals surface area contributed by atoms with Gasteiger partial charge in [-0.2, -0.15) is 19.5 Å². The van der Waals surface area contributed by atoms with Crippen LogP contribution in [-0.4, -0.2) is 88.9 Å². The number of hydrogen-bond acceptors (Lipinski definition) is 15. The molecule has 0 radical (unpaired) electrons. The molecule has 0 saturated heterocycles. The van der Waals surface area contributed by atoms with E-state index in [1.165, 1.54) is 48.3 Å². The molecule has 17 nitrogen and oxygen atoms in total. The van der Waals surface area contributed by atoms with Crippen molar-refractivity contribution in [1.29, 1.82) is 5.26 Å². The van der Waals surface area contributed by atoms with E-state index >= 15 is 0 Å². The highest BCUT2D eigenvalue weighted by atomic mass is 32.2. The fraction of sp³-hybridized carbons (Fsp3) is 0.333. The molecule has 0 bridgehead atoms. The zero-order valence-corrected chi connectivity index (χ0v) is 31.2. The molecule has 19 heteroatoms. The number of anilines is 4. The van der Waals surface area contributed by atoms with Gasteiger partial charge in [0.2, 0.25) is 26.9 Å². The normalized spacial score (nSPS) is 12.4. The highest BCUT2D eigenvalue weighted by Crippen LogP contribution is 2.36. The number of carboxylic acids is 1. The molecule has 5 aromatic rings. The third-order valence-corrected chi connectivity index (χ3v) is 11.0. The van der Waals surface area contributed by atoms with Gasteiger partial charge in [0.1, 0.15) is 17.7 Å². The molecule has 3 heterocycles. The Balaban J connectivity index is 1.48. The van der Waals surface area contributed by atoms with Crippen molar-refractivity contribution in [2.45, 2.75) is 45.1 Å². The number of aryl methyl sites for hydroxylation is 3. The molecule has 1 unspecified atom stereocenters. The highest BCUT2D eigenvalue weighted by molar-refractivity contribution is 7.89. The van der Waals surface area contributed by atoms with Crippen molar-refractivity contribution in [2.24, 2.45) is 10.2 Å². The maximum absolute atomic E-state index is 13.1. The molecule has 3 aromatic heterocycles. The number of nitriles is 1. The van der Waals surface area contributed by atoms with Crippen LogP contribution in [0.3, 0.4) is 0 Å². The first-order valence-electron chi connectivity index (χ1n) is 16.0. The van der Waals surface area contributed by atoms with Crippen molar-refractivity contribution in [1.82, 2.24) is 29.0 Å². The monoisotopic (exact) mass is 746 g/mol. The maximum Gasteiger partial charge on any atom is 0.321 e. The van der Waals surface area contributed by atoms with Gasteiger partial charge in [-0.1, -0.05) is 29.0 Å². The van der Waals surface area contributed by atoms with Gasteiger partial charge in [-0.3, -0.25) is 4.79 Å². The number of carboxylic acid groups (broad SMARTS) is 1. The highest BCUT2D eigenvalue weighted by Gasteiger charge is 2.30. The minimum Gasteiger partial charge on any atom is -0.480 e. The summed E-state index contributed by atoms with van der Waals surface area (Å²) in [6.45, 7) is 8.41. The van der Waals surface area contributed by atoms with Gasteiger partial charge in [-0.05, 0) is 63.4 Å². The lowest BCUT2D eigenvalue weighted by Crippen LogP contribution is -2.40. The minimum atomic E-state index is -4.12. The Labute approximate surface area is 304 Å². The molecule has 0 saturated carbocycles. The Kier molecular flexibility index (Phi) is 11.4. The first kappa shape index (κ1) is 37.7. The van der Waals surface area contributed by atoms with E-state index in [0.717, 1.165) is 26.7 Å². The molecule has 0 aliphatic rings. The number of methoxy groups -OCH3 is 1. The molecule has 0 spiro atoms. The number of nitrogens with one attached hydrogen (secondary N) is 3. The van der Waals surface area contributed by atoms with Gasteiger partial charge in [0.15, 0.2) is 17.3 Å². The van der Waals surface area contributed by atoms with Gasteiger partial charge in [0, 0.05) is 40.0 Å². The van der Waals surface area contributed by atoms with Gasteiger partial charge in [-0.15, -0.1) is 15.3 Å². The number of benzene rings is 2. The molecule has 0 amide bonds. The van der Waals surface area contributed by atoms with Crippen LogP contribution < -0.4 is 16.0 Å². The summed E-state index contributed by atoms with van der Waals surface area (Å²) in [5.74, 6) is -0.164. The molecule has 5 rings (SSSR count). The number of azo groups is 1. The number of fused-ring (bicyclic) bond motifs is 1. The number of rotatable bonds is 15. The number of likely N-dealkylation sites (N-methyl/N-ethyl adjacent to an activating group) is 1. The van der Waals surface area contributed by atoms with Crippen LogP contribution in [0.1, 0.15) is 35.6 Å². The van der Waals surface area contributed by atoms with E-state index in [1.54, 1.807) is 20.2 Å². The summed E-state index contributed by atoms with van der Waals surface area (Å²) in [5, 5.41) is 42.5. The van der Waals surface area contributed by atoms with E-state index in [4.69, 9.17) is 9.72 Å². The van der Waals surface area contributed by atoms with Crippen molar-refractivity contribution < 1.29 is 23.1 Å². The SMILES string of the molecule is CNc1nc(Nc2c(C)cc(C)cc2C)nc(NCCCOC)c1N=Nc1nn(-c2nc3cc(S(=O)(=O)N(C)C(C)C(=O)O)ccc3s2)cc1C#N. The van der Waals surface area contributed by atoms with E-state index in [0.29, 0.717) is 52.5 Å². The predicted molar refractivity (Wildman–Crippen MR) is 198 cm³/mol. The van der Waals surface area contributed by atoms with Gasteiger partial charge < -0.3 is 25.8 Å². The Morgan fingerprint density at radius 2 is 1.85 bits per heavy atom. The quantitative estimate of drug-likeness (QED) is 0.0734. The fourth-order valence-electron chi connectivity index (χ4n) is 5.21. The second kappa shape index (κ2) is 15.8. The van der Waals surface area contributed by atoms with E-state index in [9.17, 15) is 23.6 Å². The lowest BCUT2D eigenvalue weighted by atomic mass is 10.1. The van der Waals surface area contributed by atoms with Gasteiger partial charge in [0.05, 0.1) is 21.3 Å². The zero-order valence-electron chi connectivity index (χ0n) is 29.6. The Bertz CT molecular complexity index is 2290. The van der Waals surface area contributed by atoms with Crippen LogP contribution in [0.4, 0.5) is 34.8 Å². The number of aromatic nitrogens is 5. The average molecular weight is 747 g/mol. The molecule has 4 N–H and O–H groups in total. The molecule has 0 aliphatic heterocycles. The number of ether oxygens (including phenoxy) is 1. The van der Waals surface area contributed by atoms with Crippen LogP contribution in [0.15, 0.2) is 51.7 Å². The molecule has 52 heavy (non-hydrogen) atoms. The topological polar surface area (TPSA) is 225 Å². The summed E-state index contributed by atoms with van der Waals surface area (Å²) < 4.78 is 34.2. The molecular weight excluding hydrogens is 709 g/mol. The summed E-state index contributed by atoms with van der Waals surface area (Å²) in [5.41, 5.74) is 4.87. The number of aliphatic carboxylic acids is 1. The van der Waals surface area contributed by atoms with Crippen molar-refractivity contribution in [3.8, 4) is 11.2 Å². The van der Waals surface area contributed by atoms with Crippen LogP contribution in [0.25, 0.3) is 15.3 Å². The average Bonchev–Trinajstić information content (AvgIpc) is 3.74. The van der Waals surface area contributed by atoms with Gasteiger partial charge >= 0.3 is 5.97 Å². The molecule has 272 valence electrons. The second-order valence-electron chi connectivity index (χ2n) is 11.8. The van der Waals surface area contributed by atoms with Gasteiger partial charge in [0.25, 0.3) is 0 Å². The first-order valence-corrected chi connectivity index (χ1v) is 18.2. The summed E-state index contributed by atoms with van der Waals surface area (Å²) in [6.07, 6.45) is 2.15. The Hall–Kier alpha value is -5.55. The maximum atomic E-state index is 13.1. The fourth-order valence-corrected chi connectivity index (χ4v) is 7.42. The third kappa shape index (κ3) is 8.00. The second-order valence-corrected chi connectivity index (χ2v) is 14.8. The van der Waals surface area contributed by atoms with Gasteiger partial charge in [-0.25, -0.2) is 18.1 Å². The number of thiazole rings is 1. The van der Waals surface area contributed by atoms with Crippen molar-refractivity contribution >= 4 is 72.3 Å². The van der Waals surface area contributed by atoms with Crippen LogP contribution in [0.5, 0.6) is 0 Å². The minimum absolute atomic E-state index is 0.00907. The van der Waals surface area contributed by atoms with Crippen LogP contribution in [0, 0.1) is 32.1 Å². The van der Waals surface area contributed by atoms with E-state index in [1.807, 2.05) is 20.8 Å². The smallest absolute Gasteiger partial charge is 0.321 e. The number of carbonyl (C=O) groups is 1. The summed E-state index contributed by atoms with van der Waals surface area (Å²) >= 11 is 1.21. The zero-order chi connectivity index (χ0) is 37.7. The number of sulfonamides is 1. The molecular formula is C33H38N12O5S2. The van der Waals surface area contributed by atoms with E-state index in [-0.39, 0.29) is 22.0 Å². The Morgan fingerprint density at radius 1 is 1.13 bits per heavy atom. The number of hydrogen-bond donors (Lipinski definition) is 4. The lowest BCUT2D eigenvalue weighted by Gasteiger charge is -2.20. The standard InChI is InChI=1S/C33H38N12O5S2/c1-18-13-19(2)26(20(3)14-18)38-32-39-29(35-5)27(30(40-32)36-11-8-12-50-7)41-42-28-22(16-34)17-45(43-28)33-37-24-15-23(9-10-25(24)51-33)52(48,49)44(6)21(4)31(46)47/h9-10,13-15,17,21H,8,11-12H2,1-7H3,(H,46,47)(H3,35,36,38,39,40). The van der Waals surface area contributed by atoms with E-state index in [2.05, 4.69) is 59.4 Å². The van der Waals surface area contributed by atoms with Crippen molar-refractivity contribution in [3.63, 3.8) is 0 Å². The molecule has 2 aromatic carbocycles. The predicted octanol–water partition coefficient (Wildman–Crippen LogP) is 5.81. The molecule has 0 aliphatic carbocycles.